The lowest BCUT2D eigenvalue weighted by Crippen LogP contribution is -2.39. The molecule has 1 amide bonds. The number of carboxylic acid groups (broad SMARTS) is 1. The Labute approximate surface area is 140 Å². The Bertz CT molecular complexity index is 709. The summed E-state index contributed by atoms with van der Waals surface area (Å²) in [6, 6.07) is 5.49. The molecule has 1 aliphatic heterocycles. The molecule has 1 aliphatic carbocycles. The van der Waals surface area contributed by atoms with E-state index in [-0.39, 0.29) is 12.7 Å². The summed E-state index contributed by atoms with van der Waals surface area (Å²) in [7, 11) is 0. The predicted octanol–water partition coefficient (Wildman–Crippen LogP) is 2.48. The summed E-state index contributed by atoms with van der Waals surface area (Å²) < 4.78 is 10.6. The highest BCUT2D eigenvalue weighted by atomic mass is 16.7. The molecule has 128 valence electrons. The third kappa shape index (κ3) is 3.22. The molecule has 6 heteroatoms. The Hall–Kier alpha value is -2.50. The molecule has 2 aliphatic rings. The fourth-order valence-corrected chi connectivity index (χ4v) is 3.20. The maximum atomic E-state index is 12.5. The minimum atomic E-state index is -0.912. The number of nitrogens with one attached hydrogen (secondary N) is 1. The molecule has 0 bridgehead atoms. The maximum absolute atomic E-state index is 12.5. The number of carbonyl (C=O) groups is 2. The lowest BCUT2D eigenvalue weighted by atomic mass is 9.76. The van der Waals surface area contributed by atoms with Gasteiger partial charge in [-0.2, -0.15) is 0 Å². The van der Waals surface area contributed by atoms with Crippen LogP contribution in [-0.4, -0.2) is 23.8 Å². The maximum Gasteiger partial charge on any atom is 0.307 e. The van der Waals surface area contributed by atoms with Gasteiger partial charge < -0.3 is 19.9 Å². The molecule has 3 rings (SSSR count). The van der Waals surface area contributed by atoms with Crippen LogP contribution in [-0.2, 0) is 16.1 Å². The molecule has 2 N–H and O–H groups in total. The summed E-state index contributed by atoms with van der Waals surface area (Å²) in [5.74, 6) is -0.959. The summed E-state index contributed by atoms with van der Waals surface area (Å²) in [6.07, 6.45) is 0.930. The minimum absolute atomic E-state index is 0.207. The summed E-state index contributed by atoms with van der Waals surface area (Å²) in [6.45, 7) is 4.44. The summed E-state index contributed by atoms with van der Waals surface area (Å²) in [4.78, 5) is 24.0. The lowest BCUT2D eigenvalue weighted by molar-refractivity contribution is -0.147. The van der Waals surface area contributed by atoms with Crippen molar-refractivity contribution >= 4 is 11.9 Å². The Morgan fingerprint density at radius 1 is 1.12 bits per heavy atom. The Morgan fingerprint density at radius 3 is 2.50 bits per heavy atom. The second-order valence-corrected chi connectivity index (χ2v) is 6.43. The van der Waals surface area contributed by atoms with Crippen LogP contribution in [0.1, 0.15) is 32.3 Å². The topological polar surface area (TPSA) is 84.9 Å². The number of rotatable bonds is 4. The summed E-state index contributed by atoms with van der Waals surface area (Å²) in [5.41, 5.74) is 3.07. The number of ether oxygens (including phenoxy) is 2. The Balaban J connectivity index is 1.66. The van der Waals surface area contributed by atoms with Crippen LogP contribution in [0.25, 0.3) is 0 Å². The van der Waals surface area contributed by atoms with Crippen LogP contribution >= 0.6 is 0 Å². The van der Waals surface area contributed by atoms with Gasteiger partial charge in [-0.05, 0) is 44.4 Å². The normalized spacial score (nSPS) is 22.4. The molecule has 1 aromatic rings. The molecule has 24 heavy (non-hydrogen) atoms. The average molecular weight is 331 g/mol. The van der Waals surface area contributed by atoms with Crippen molar-refractivity contribution in [2.24, 2.45) is 11.8 Å². The summed E-state index contributed by atoms with van der Waals surface area (Å²) >= 11 is 0. The van der Waals surface area contributed by atoms with E-state index in [0.717, 1.165) is 16.7 Å². The number of benzene rings is 1. The molecule has 0 spiro atoms. The molecule has 0 radical (unpaired) electrons. The third-order valence-corrected chi connectivity index (χ3v) is 4.82. The standard InChI is InChI=1S/C18H21NO5/c1-10-5-13(14(18(21)22)6-11(10)2)17(20)19-8-12-3-4-15-16(7-12)24-9-23-15/h3-4,7,13-14H,5-6,8-9H2,1-2H3,(H,19,20)(H,21,22)/t13-,14-/m0/s1. The van der Waals surface area contributed by atoms with Crippen molar-refractivity contribution in [3.8, 4) is 11.5 Å². The minimum Gasteiger partial charge on any atom is -0.481 e. The number of carbonyl (C=O) groups excluding carboxylic acids is 1. The van der Waals surface area contributed by atoms with E-state index in [1.54, 1.807) is 6.07 Å². The van der Waals surface area contributed by atoms with Crippen molar-refractivity contribution in [1.82, 2.24) is 5.32 Å². The van der Waals surface area contributed by atoms with Crippen LogP contribution in [0, 0.1) is 11.8 Å². The molecule has 0 fully saturated rings. The first kappa shape index (κ1) is 16.4. The highest BCUT2D eigenvalue weighted by molar-refractivity contribution is 5.85. The van der Waals surface area contributed by atoms with Crippen molar-refractivity contribution in [2.75, 3.05) is 6.79 Å². The van der Waals surface area contributed by atoms with Gasteiger partial charge in [0, 0.05) is 6.54 Å². The van der Waals surface area contributed by atoms with Crippen molar-refractivity contribution in [1.29, 1.82) is 0 Å². The first-order valence-corrected chi connectivity index (χ1v) is 8.00. The van der Waals surface area contributed by atoms with Crippen molar-refractivity contribution in [3.05, 3.63) is 34.9 Å². The van der Waals surface area contributed by atoms with Crippen LogP contribution in [0.2, 0.25) is 0 Å². The zero-order chi connectivity index (χ0) is 17.3. The number of amides is 1. The first-order chi connectivity index (χ1) is 11.5. The second-order valence-electron chi connectivity index (χ2n) is 6.43. The van der Waals surface area contributed by atoms with E-state index in [2.05, 4.69) is 5.32 Å². The number of fused-ring (bicyclic) bond motifs is 1. The highest BCUT2D eigenvalue weighted by Crippen LogP contribution is 2.35. The van der Waals surface area contributed by atoms with Gasteiger partial charge >= 0.3 is 5.97 Å². The molecule has 0 unspecified atom stereocenters. The fourth-order valence-electron chi connectivity index (χ4n) is 3.20. The predicted molar refractivity (Wildman–Crippen MR) is 86.6 cm³/mol. The molecule has 2 atom stereocenters. The van der Waals surface area contributed by atoms with Crippen LogP contribution < -0.4 is 14.8 Å². The van der Waals surface area contributed by atoms with Crippen LogP contribution in [0.4, 0.5) is 0 Å². The molecule has 0 saturated carbocycles. The molecular formula is C18H21NO5. The second kappa shape index (κ2) is 6.55. The molecule has 1 heterocycles. The van der Waals surface area contributed by atoms with Gasteiger partial charge in [-0.25, -0.2) is 0 Å². The zero-order valence-electron chi connectivity index (χ0n) is 13.8. The zero-order valence-corrected chi connectivity index (χ0v) is 13.8. The van der Waals surface area contributed by atoms with Gasteiger partial charge in [0.1, 0.15) is 0 Å². The largest absolute Gasteiger partial charge is 0.481 e. The van der Waals surface area contributed by atoms with Gasteiger partial charge in [-0.15, -0.1) is 0 Å². The smallest absolute Gasteiger partial charge is 0.307 e. The van der Waals surface area contributed by atoms with Crippen molar-refractivity contribution in [3.63, 3.8) is 0 Å². The number of allylic oxidation sites excluding steroid dienone is 2. The number of hydrogen-bond donors (Lipinski definition) is 2. The number of hydrogen-bond acceptors (Lipinski definition) is 4. The highest BCUT2D eigenvalue weighted by Gasteiger charge is 2.37. The molecule has 6 nitrogen and oxygen atoms in total. The van der Waals surface area contributed by atoms with E-state index in [9.17, 15) is 14.7 Å². The monoisotopic (exact) mass is 331 g/mol. The van der Waals surface area contributed by atoms with Crippen LogP contribution in [0.3, 0.4) is 0 Å². The molecule has 0 saturated heterocycles. The fraction of sp³-hybridized carbons (Fsp3) is 0.444. The van der Waals surface area contributed by atoms with E-state index in [4.69, 9.17) is 9.47 Å². The molecule has 1 aromatic carbocycles. The third-order valence-electron chi connectivity index (χ3n) is 4.82. The quantitative estimate of drug-likeness (QED) is 0.828. The van der Waals surface area contributed by atoms with Gasteiger partial charge in [-0.1, -0.05) is 17.2 Å². The van der Waals surface area contributed by atoms with Gasteiger partial charge in [0.15, 0.2) is 11.5 Å². The Kier molecular flexibility index (Phi) is 4.46. The number of aliphatic carboxylic acids is 1. The lowest BCUT2D eigenvalue weighted by Gasteiger charge is -2.29. The van der Waals surface area contributed by atoms with Gasteiger partial charge in [0.05, 0.1) is 11.8 Å². The van der Waals surface area contributed by atoms with E-state index in [0.29, 0.717) is 30.9 Å². The van der Waals surface area contributed by atoms with Crippen LogP contribution in [0.15, 0.2) is 29.3 Å². The SMILES string of the molecule is CC1=C(C)C[C@H](C(=O)NCc2ccc3c(c2)OCO3)[C@@H](C(=O)O)C1. The van der Waals surface area contributed by atoms with Crippen LogP contribution in [0.5, 0.6) is 11.5 Å². The molecule has 0 aromatic heterocycles. The van der Waals surface area contributed by atoms with Gasteiger partial charge in [0.25, 0.3) is 0 Å². The van der Waals surface area contributed by atoms with Crippen molar-refractivity contribution < 1.29 is 24.2 Å². The number of carboxylic acids is 1. The first-order valence-electron chi connectivity index (χ1n) is 8.00. The van der Waals surface area contributed by atoms with E-state index in [1.807, 2.05) is 26.0 Å². The van der Waals surface area contributed by atoms with E-state index in [1.165, 1.54) is 0 Å². The van der Waals surface area contributed by atoms with E-state index >= 15 is 0 Å². The average Bonchev–Trinajstić information content (AvgIpc) is 3.02. The Morgan fingerprint density at radius 2 is 1.79 bits per heavy atom. The van der Waals surface area contributed by atoms with Crippen molar-refractivity contribution in [2.45, 2.75) is 33.2 Å². The summed E-state index contributed by atoms with van der Waals surface area (Å²) in [5, 5.41) is 12.3. The van der Waals surface area contributed by atoms with Gasteiger partial charge in [-0.3, -0.25) is 9.59 Å². The molecular weight excluding hydrogens is 310 g/mol. The van der Waals surface area contributed by atoms with E-state index < -0.39 is 17.8 Å². The van der Waals surface area contributed by atoms with Gasteiger partial charge in [0.2, 0.25) is 12.7 Å².